The lowest BCUT2D eigenvalue weighted by molar-refractivity contribution is -0.145. The topological polar surface area (TPSA) is 225 Å². The Bertz CT molecular complexity index is 1220. The van der Waals surface area contributed by atoms with Gasteiger partial charge in [0.25, 0.3) is 0 Å². The van der Waals surface area contributed by atoms with E-state index < -0.39 is 63.3 Å². The minimum absolute atomic E-state index is 0.101. The molecule has 1 aromatic rings. The molecular weight excluding hydrogens is 492 g/mol. The third-order valence-corrected chi connectivity index (χ3v) is 7.28. The number of rotatable bonds is 9. The molecule has 3 unspecified atom stereocenters. The van der Waals surface area contributed by atoms with E-state index in [4.69, 9.17) is 22.9 Å². The zero-order valence-electron chi connectivity index (χ0n) is 21.4. The fraction of sp³-hybridized carbons (Fsp3) is 0.423. The van der Waals surface area contributed by atoms with Gasteiger partial charge in [-0.2, -0.15) is 0 Å². The highest BCUT2D eigenvalue weighted by Crippen LogP contribution is 2.53. The monoisotopic (exact) mass is 526 g/mol. The van der Waals surface area contributed by atoms with Crippen molar-refractivity contribution in [2.75, 3.05) is 14.1 Å². The second-order valence-corrected chi connectivity index (χ2v) is 9.87. The quantitative estimate of drug-likeness (QED) is 0.226. The van der Waals surface area contributed by atoms with Crippen molar-refractivity contribution in [1.82, 2.24) is 10.2 Å². The molecule has 10 N–H and O–H groups in total. The summed E-state index contributed by atoms with van der Waals surface area (Å²) in [6, 6.07) is 7.31. The summed E-state index contributed by atoms with van der Waals surface area (Å²) in [5.41, 5.74) is 16.1. The van der Waals surface area contributed by atoms with Crippen LogP contribution in [0.2, 0.25) is 0 Å². The van der Waals surface area contributed by atoms with Crippen LogP contribution in [0.3, 0.4) is 0 Å². The van der Waals surface area contributed by atoms with E-state index in [0.717, 1.165) is 30.2 Å². The number of nitrogens with two attached hydrogens (primary N) is 4. The largest absolute Gasteiger partial charge is 0.387 e. The predicted molar refractivity (Wildman–Crippen MR) is 137 cm³/mol. The molecule has 2 aliphatic rings. The van der Waals surface area contributed by atoms with E-state index in [9.17, 15) is 29.1 Å². The Hall–Kier alpha value is -4.03. The average molecular weight is 527 g/mol. The van der Waals surface area contributed by atoms with Gasteiger partial charge in [0.15, 0.2) is 0 Å². The molecule has 0 aliphatic heterocycles. The van der Waals surface area contributed by atoms with Crippen LogP contribution in [0.5, 0.6) is 0 Å². The van der Waals surface area contributed by atoms with Crippen LogP contribution in [0.4, 0.5) is 0 Å². The molecule has 5 amide bonds. The summed E-state index contributed by atoms with van der Waals surface area (Å²) < 4.78 is 0. The first-order chi connectivity index (χ1) is 17.8. The van der Waals surface area contributed by atoms with Crippen LogP contribution >= 0.6 is 0 Å². The number of nitrogens with one attached hydrogen (secondary N) is 1. The maximum Gasteiger partial charge on any atom is 0.247 e. The molecule has 38 heavy (non-hydrogen) atoms. The lowest BCUT2D eigenvalue weighted by Gasteiger charge is -2.48. The Balaban J connectivity index is 2.54. The first-order valence-corrected chi connectivity index (χ1v) is 12.2. The van der Waals surface area contributed by atoms with Gasteiger partial charge < -0.3 is 32.9 Å². The summed E-state index contributed by atoms with van der Waals surface area (Å²) in [6.07, 6.45) is 2.78. The fourth-order valence-corrected chi connectivity index (χ4v) is 5.64. The molecule has 3 rings (SSSR count). The molecule has 3 atom stereocenters. The third kappa shape index (κ3) is 4.56. The number of hydrogen-bond acceptors (Lipinski definition) is 7. The first kappa shape index (κ1) is 28.5. The van der Waals surface area contributed by atoms with Gasteiger partial charge in [-0.1, -0.05) is 49.6 Å². The van der Waals surface area contributed by atoms with Gasteiger partial charge in [-0.3, -0.25) is 29.3 Å². The molecule has 0 saturated heterocycles. The molecule has 2 aliphatic carbocycles. The van der Waals surface area contributed by atoms with Crippen LogP contribution in [-0.2, 0) is 24.0 Å². The van der Waals surface area contributed by atoms with Crippen molar-refractivity contribution in [3.63, 3.8) is 0 Å². The van der Waals surface area contributed by atoms with E-state index in [0.29, 0.717) is 12.8 Å². The Kier molecular flexibility index (Phi) is 8.08. The second-order valence-electron chi connectivity index (χ2n) is 9.87. The van der Waals surface area contributed by atoms with Crippen LogP contribution in [0.25, 0.3) is 0 Å². The van der Waals surface area contributed by atoms with Crippen LogP contribution in [0.1, 0.15) is 43.8 Å². The minimum atomic E-state index is -2.62. The zero-order chi connectivity index (χ0) is 28.4. The average Bonchev–Trinajstić information content (AvgIpc) is 2.87. The smallest absolute Gasteiger partial charge is 0.247 e. The fourth-order valence-electron chi connectivity index (χ4n) is 5.64. The number of benzene rings is 1. The summed E-state index contributed by atoms with van der Waals surface area (Å²) in [5, 5.41) is 14.8. The molecular formula is C26H34N6O6. The zero-order valence-corrected chi connectivity index (χ0v) is 21.4. The number of aliphatic hydroxyl groups is 1. The molecule has 0 bridgehead atoms. The standard InChI is InChI=1S/C26H34N6O6/c1-32(2)24(38)26(19(33)14-9-5-3-6-10-14)16(20(27)34)13-25(23(30)37,31-15-11-7-4-8-12-15)17(21(28)35)18(26)22(29)36/h3,5-6,9-10,13,15,19,31,33H,4,7-8,11-12H2,1-2H3,(H2,27,34)(H2,28,35)(H2,29,36)(H2,30,37). The number of carbonyl (C=O) groups excluding carboxylic acids is 5. The Morgan fingerprint density at radius 3 is 1.89 bits per heavy atom. The molecule has 1 fully saturated rings. The molecule has 1 aromatic carbocycles. The van der Waals surface area contributed by atoms with Gasteiger partial charge in [-0.25, -0.2) is 0 Å². The van der Waals surface area contributed by atoms with Crippen molar-refractivity contribution in [2.24, 2.45) is 28.3 Å². The normalized spacial score (nSPS) is 24.8. The highest BCUT2D eigenvalue weighted by Gasteiger charge is 2.64. The van der Waals surface area contributed by atoms with Crippen molar-refractivity contribution < 1.29 is 29.1 Å². The van der Waals surface area contributed by atoms with Gasteiger partial charge >= 0.3 is 0 Å². The van der Waals surface area contributed by atoms with Gasteiger partial charge in [-0.05, 0) is 24.5 Å². The van der Waals surface area contributed by atoms with Crippen molar-refractivity contribution in [2.45, 2.75) is 49.8 Å². The second kappa shape index (κ2) is 10.8. The minimum Gasteiger partial charge on any atom is -0.387 e. The summed E-state index contributed by atoms with van der Waals surface area (Å²) in [7, 11) is 2.64. The van der Waals surface area contributed by atoms with E-state index in [1.54, 1.807) is 18.2 Å². The van der Waals surface area contributed by atoms with Crippen molar-refractivity contribution in [3.8, 4) is 0 Å². The lowest BCUT2D eigenvalue weighted by atomic mass is 9.58. The number of nitrogens with zero attached hydrogens (tertiary/aromatic N) is 1. The van der Waals surface area contributed by atoms with Gasteiger partial charge in [-0.15, -0.1) is 0 Å². The highest BCUT2D eigenvalue weighted by atomic mass is 16.3. The highest BCUT2D eigenvalue weighted by molar-refractivity contribution is 6.20. The van der Waals surface area contributed by atoms with Gasteiger partial charge in [0.1, 0.15) is 17.1 Å². The molecule has 12 heteroatoms. The summed E-state index contributed by atoms with van der Waals surface area (Å²) in [6.45, 7) is 0. The number of primary amides is 4. The Labute approximate surface area is 220 Å². The van der Waals surface area contributed by atoms with Crippen LogP contribution < -0.4 is 28.3 Å². The number of carbonyl (C=O) groups is 5. The number of amides is 5. The van der Waals surface area contributed by atoms with Gasteiger partial charge in [0.05, 0.1) is 11.1 Å². The molecule has 1 saturated carbocycles. The maximum atomic E-state index is 14.0. The van der Waals surface area contributed by atoms with E-state index in [-0.39, 0.29) is 11.6 Å². The van der Waals surface area contributed by atoms with Gasteiger partial charge in [0, 0.05) is 25.7 Å². The SMILES string of the molecule is CN(C)C(=O)C1(C(O)c2ccccc2)C(C(N)=O)=CC(NC2CCCCC2)(C(N)=O)C(C(N)=O)=C1C(N)=O. The summed E-state index contributed by atoms with van der Waals surface area (Å²) in [4.78, 5) is 67.6. The first-order valence-electron chi connectivity index (χ1n) is 12.2. The Morgan fingerprint density at radius 1 is 0.895 bits per heavy atom. The van der Waals surface area contributed by atoms with Crippen LogP contribution in [0, 0.1) is 5.41 Å². The predicted octanol–water partition coefficient (Wildman–Crippen LogP) is -1.37. The third-order valence-electron chi connectivity index (χ3n) is 7.28. The summed E-state index contributed by atoms with van der Waals surface area (Å²) in [5.74, 6) is -6.08. The molecule has 0 heterocycles. The van der Waals surface area contributed by atoms with Crippen molar-refractivity contribution >= 4 is 29.5 Å². The molecule has 0 radical (unpaired) electrons. The van der Waals surface area contributed by atoms with Gasteiger partial charge in [0.2, 0.25) is 29.5 Å². The maximum absolute atomic E-state index is 14.0. The van der Waals surface area contributed by atoms with E-state index >= 15 is 0 Å². The Morgan fingerprint density at radius 2 is 1.45 bits per heavy atom. The lowest BCUT2D eigenvalue weighted by Crippen LogP contribution is -2.66. The van der Waals surface area contributed by atoms with Crippen molar-refractivity contribution in [1.29, 1.82) is 0 Å². The molecule has 0 aromatic heterocycles. The van der Waals surface area contributed by atoms with Crippen LogP contribution in [0.15, 0.2) is 53.1 Å². The van der Waals surface area contributed by atoms with E-state index in [1.807, 2.05) is 0 Å². The molecule has 0 spiro atoms. The molecule has 12 nitrogen and oxygen atoms in total. The summed E-state index contributed by atoms with van der Waals surface area (Å²) >= 11 is 0. The van der Waals surface area contributed by atoms with Crippen LogP contribution in [-0.4, -0.2) is 65.2 Å². The molecule has 204 valence electrons. The van der Waals surface area contributed by atoms with E-state index in [2.05, 4.69) is 5.32 Å². The van der Waals surface area contributed by atoms with E-state index in [1.165, 1.54) is 26.2 Å². The number of aliphatic hydroxyl groups excluding tert-OH is 1. The van der Waals surface area contributed by atoms with Crippen molar-refractivity contribution in [3.05, 3.63) is 58.7 Å². The number of hydrogen-bond donors (Lipinski definition) is 6.